The molecule has 0 radical (unpaired) electrons. The third-order valence-electron chi connectivity index (χ3n) is 2.60. The van der Waals surface area contributed by atoms with E-state index < -0.39 is 5.97 Å². The zero-order valence-corrected chi connectivity index (χ0v) is 11.3. The molecule has 4 heteroatoms. The second kappa shape index (κ2) is 5.69. The second-order valence-corrected chi connectivity index (χ2v) is 4.53. The molecule has 0 spiro atoms. The molecule has 0 unspecified atom stereocenters. The Labute approximate surface area is 112 Å². The first-order valence-corrected chi connectivity index (χ1v) is 6.35. The van der Waals surface area contributed by atoms with Crippen molar-refractivity contribution in [3.8, 4) is 5.75 Å². The van der Waals surface area contributed by atoms with E-state index in [9.17, 15) is 4.79 Å². The van der Waals surface area contributed by atoms with Crippen molar-refractivity contribution in [3.05, 3.63) is 35.5 Å². The molecule has 1 aliphatic rings. The number of aliphatic imine (C=N–C) groups is 1. The number of rotatable bonds is 4. The number of ether oxygens (including phenoxy) is 2. The summed E-state index contributed by atoms with van der Waals surface area (Å²) in [5.41, 5.74) is 1.20. The van der Waals surface area contributed by atoms with Gasteiger partial charge in [0, 0.05) is 5.92 Å². The van der Waals surface area contributed by atoms with Crippen molar-refractivity contribution >= 4 is 17.9 Å². The fourth-order valence-electron chi connectivity index (χ4n) is 1.69. The first-order valence-electron chi connectivity index (χ1n) is 6.35. The Morgan fingerprint density at radius 2 is 2.21 bits per heavy atom. The van der Waals surface area contributed by atoms with Crippen LogP contribution in [0.2, 0.25) is 0 Å². The van der Waals surface area contributed by atoms with Gasteiger partial charge in [0.1, 0.15) is 5.75 Å². The van der Waals surface area contributed by atoms with Gasteiger partial charge >= 0.3 is 5.97 Å². The van der Waals surface area contributed by atoms with Gasteiger partial charge in [-0.15, -0.1) is 0 Å². The maximum absolute atomic E-state index is 11.7. The van der Waals surface area contributed by atoms with Crippen molar-refractivity contribution in [2.24, 2.45) is 10.9 Å². The SMILES string of the molecule is CCOc1cccc(/C=C2/N=C(C(C)C)OC2=O)c1. The number of hydrogen-bond donors (Lipinski definition) is 0. The summed E-state index contributed by atoms with van der Waals surface area (Å²) in [4.78, 5) is 15.9. The minimum Gasteiger partial charge on any atom is -0.494 e. The fraction of sp³-hybridized carbons (Fsp3) is 0.333. The lowest BCUT2D eigenvalue weighted by Gasteiger charge is -2.03. The van der Waals surface area contributed by atoms with Crippen LogP contribution in [0.4, 0.5) is 0 Å². The van der Waals surface area contributed by atoms with Crippen LogP contribution in [-0.2, 0) is 9.53 Å². The molecule has 0 N–H and O–H groups in total. The molecule has 0 atom stereocenters. The summed E-state index contributed by atoms with van der Waals surface area (Å²) in [5, 5.41) is 0. The van der Waals surface area contributed by atoms with E-state index in [1.807, 2.05) is 45.0 Å². The standard InChI is InChI=1S/C15H17NO3/c1-4-18-12-7-5-6-11(8-12)9-13-15(17)19-14(16-13)10(2)3/h5-10H,4H2,1-3H3/b13-9+. The van der Waals surface area contributed by atoms with Crippen LogP contribution in [0.3, 0.4) is 0 Å². The van der Waals surface area contributed by atoms with E-state index >= 15 is 0 Å². The number of carbonyl (C=O) groups is 1. The van der Waals surface area contributed by atoms with E-state index in [0.717, 1.165) is 11.3 Å². The number of benzene rings is 1. The molecule has 1 aromatic rings. The molecule has 4 nitrogen and oxygen atoms in total. The van der Waals surface area contributed by atoms with Crippen molar-refractivity contribution in [3.63, 3.8) is 0 Å². The quantitative estimate of drug-likeness (QED) is 0.616. The van der Waals surface area contributed by atoms with Crippen LogP contribution in [-0.4, -0.2) is 18.5 Å². The predicted molar refractivity (Wildman–Crippen MR) is 74.0 cm³/mol. The summed E-state index contributed by atoms with van der Waals surface area (Å²) < 4.78 is 10.5. The minimum atomic E-state index is -0.398. The third kappa shape index (κ3) is 3.22. The molecule has 19 heavy (non-hydrogen) atoms. The monoisotopic (exact) mass is 259 g/mol. The van der Waals surface area contributed by atoms with E-state index in [4.69, 9.17) is 9.47 Å². The summed E-state index contributed by atoms with van der Waals surface area (Å²) >= 11 is 0. The van der Waals surface area contributed by atoms with E-state index in [1.165, 1.54) is 0 Å². The molecule has 0 aliphatic carbocycles. The largest absolute Gasteiger partial charge is 0.494 e. The summed E-state index contributed by atoms with van der Waals surface area (Å²) in [6, 6.07) is 7.52. The van der Waals surface area contributed by atoms with Crippen molar-refractivity contribution in [1.82, 2.24) is 0 Å². The Balaban J connectivity index is 2.26. The Bertz CT molecular complexity index is 544. The molecular formula is C15H17NO3. The Morgan fingerprint density at radius 3 is 2.84 bits per heavy atom. The first-order chi connectivity index (χ1) is 9.10. The number of esters is 1. The molecule has 1 aliphatic heterocycles. The molecule has 1 heterocycles. The zero-order chi connectivity index (χ0) is 13.8. The van der Waals surface area contributed by atoms with Gasteiger partial charge in [-0.3, -0.25) is 0 Å². The summed E-state index contributed by atoms with van der Waals surface area (Å²) in [6.07, 6.45) is 1.71. The highest BCUT2D eigenvalue weighted by Gasteiger charge is 2.24. The van der Waals surface area contributed by atoms with Crippen LogP contribution in [0, 0.1) is 5.92 Å². The van der Waals surface area contributed by atoms with Crippen molar-refractivity contribution < 1.29 is 14.3 Å². The van der Waals surface area contributed by atoms with Gasteiger partial charge in [-0.05, 0) is 30.7 Å². The number of hydrogen-bond acceptors (Lipinski definition) is 4. The molecule has 0 amide bonds. The average molecular weight is 259 g/mol. The van der Waals surface area contributed by atoms with Gasteiger partial charge in [0.2, 0.25) is 5.90 Å². The molecule has 100 valence electrons. The van der Waals surface area contributed by atoms with Gasteiger partial charge < -0.3 is 9.47 Å². The molecular weight excluding hydrogens is 242 g/mol. The minimum absolute atomic E-state index is 0.101. The third-order valence-corrected chi connectivity index (χ3v) is 2.60. The van der Waals surface area contributed by atoms with Gasteiger partial charge in [0.25, 0.3) is 0 Å². The highest BCUT2D eigenvalue weighted by molar-refractivity contribution is 6.07. The van der Waals surface area contributed by atoms with Gasteiger partial charge in [-0.2, -0.15) is 0 Å². The molecule has 0 fully saturated rings. The van der Waals surface area contributed by atoms with Crippen LogP contribution in [0.25, 0.3) is 6.08 Å². The Morgan fingerprint density at radius 1 is 1.42 bits per heavy atom. The van der Waals surface area contributed by atoms with Crippen LogP contribution < -0.4 is 4.74 Å². The summed E-state index contributed by atoms with van der Waals surface area (Å²) in [7, 11) is 0. The van der Waals surface area contributed by atoms with Crippen LogP contribution in [0.1, 0.15) is 26.3 Å². The molecule has 0 bridgehead atoms. The fourth-order valence-corrected chi connectivity index (χ4v) is 1.69. The van der Waals surface area contributed by atoms with Gasteiger partial charge in [0.15, 0.2) is 5.70 Å². The number of nitrogens with zero attached hydrogens (tertiary/aromatic N) is 1. The van der Waals surface area contributed by atoms with Crippen LogP contribution >= 0.6 is 0 Å². The lowest BCUT2D eigenvalue weighted by molar-refractivity contribution is -0.130. The molecule has 0 aromatic heterocycles. The van der Waals surface area contributed by atoms with Gasteiger partial charge in [0.05, 0.1) is 6.61 Å². The highest BCUT2D eigenvalue weighted by atomic mass is 16.6. The van der Waals surface area contributed by atoms with E-state index in [1.54, 1.807) is 6.08 Å². The lowest BCUT2D eigenvalue weighted by atomic mass is 10.2. The maximum atomic E-state index is 11.7. The normalized spacial score (nSPS) is 16.7. The van der Waals surface area contributed by atoms with Crippen LogP contribution in [0.15, 0.2) is 35.0 Å². The van der Waals surface area contributed by atoms with Crippen molar-refractivity contribution in [1.29, 1.82) is 0 Å². The Kier molecular flexibility index (Phi) is 4.00. The average Bonchev–Trinajstić information content (AvgIpc) is 2.72. The van der Waals surface area contributed by atoms with Gasteiger partial charge in [-0.1, -0.05) is 26.0 Å². The second-order valence-electron chi connectivity index (χ2n) is 4.53. The maximum Gasteiger partial charge on any atom is 0.363 e. The smallest absolute Gasteiger partial charge is 0.363 e. The molecule has 2 rings (SSSR count). The number of carbonyl (C=O) groups excluding carboxylic acids is 1. The predicted octanol–water partition coefficient (Wildman–Crippen LogP) is 3.04. The van der Waals surface area contributed by atoms with Gasteiger partial charge in [-0.25, -0.2) is 9.79 Å². The Hall–Kier alpha value is -2.10. The van der Waals surface area contributed by atoms with E-state index in [2.05, 4.69) is 4.99 Å². The molecule has 0 saturated carbocycles. The number of cyclic esters (lactones) is 1. The highest BCUT2D eigenvalue weighted by Crippen LogP contribution is 2.21. The summed E-state index contributed by atoms with van der Waals surface area (Å²) in [6.45, 7) is 6.41. The van der Waals surface area contributed by atoms with Crippen molar-refractivity contribution in [2.75, 3.05) is 6.61 Å². The molecule has 1 aromatic carbocycles. The topological polar surface area (TPSA) is 47.9 Å². The lowest BCUT2D eigenvalue weighted by Crippen LogP contribution is -2.09. The summed E-state index contributed by atoms with van der Waals surface area (Å²) in [5.74, 6) is 0.948. The van der Waals surface area contributed by atoms with E-state index in [0.29, 0.717) is 18.2 Å². The zero-order valence-electron chi connectivity index (χ0n) is 11.3. The van der Waals surface area contributed by atoms with Crippen LogP contribution in [0.5, 0.6) is 5.75 Å². The van der Waals surface area contributed by atoms with E-state index in [-0.39, 0.29) is 5.92 Å². The van der Waals surface area contributed by atoms with Crippen molar-refractivity contribution in [2.45, 2.75) is 20.8 Å². The first kappa shape index (κ1) is 13.3. The molecule has 0 saturated heterocycles.